The quantitative estimate of drug-likeness (QED) is 0.137. The third-order valence-corrected chi connectivity index (χ3v) is 5.91. The molecule has 5 rings (SSSR count). The van der Waals surface area contributed by atoms with Crippen LogP contribution in [0.4, 0.5) is 5.69 Å². The van der Waals surface area contributed by atoms with E-state index in [4.69, 9.17) is 0 Å². The maximum atomic E-state index is 11.1. The Balaban J connectivity index is 1.39. The van der Waals surface area contributed by atoms with Crippen LogP contribution < -0.4 is 0 Å². The predicted molar refractivity (Wildman–Crippen MR) is 132 cm³/mol. The van der Waals surface area contributed by atoms with Crippen LogP contribution in [0.5, 0.6) is 0 Å². The second-order valence-electron chi connectivity index (χ2n) is 7.36. The molecular formula is C24H18N8O2S. The Morgan fingerprint density at radius 1 is 0.943 bits per heavy atom. The van der Waals surface area contributed by atoms with E-state index in [0.29, 0.717) is 28.1 Å². The summed E-state index contributed by atoms with van der Waals surface area (Å²) in [6, 6.07) is 25.8. The molecule has 0 amide bonds. The predicted octanol–water partition coefficient (Wildman–Crippen LogP) is 4.61. The molecule has 2 aromatic heterocycles. The fourth-order valence-corrected chi connectivity index (χ4v) is 4.03. The van der Waals surface area contributed by atoms with Gasteiger partial charge in [-0.05, 0) is 11.6 Å². The minimum absolute atomic E-state index is 0.00764. The van der Waals surface area contributed by atoms with Gasteiger partial charge in [-0.1, -0.05) is 83.7 Å². The van der Waals surface area contributed by atoms with Crippen molar-refractivity contribution in [3.8, 4) is 17.1 Å². The molecule has 3 aromatic carbocycles. The molecule has 35 heavy (non-hydrogen) atoms. The van der Waals surface area contributed by atoms with Crippen LogP contribution in [-0.2, 0) is 5.75 Å². The highest BCUT2D eigenvalue weighted by Gasteiger charge is 2.15. The van der Waals surface area contributed by atoms with E-state index in [1.807, 2.05) is 60.7 Å². The van der Waals surface area contributed by atoms with Crippen molar-refractivity contribution >= 4 is 23.7 Å². The largest absolute Gasteiger partial charge is 0.271 e. The number of nitro benzene ring substituents is 1. The van der Waals surface area contributed by atoms with Crippen LogP contribution in [-0.4, -0.2) is 41.0 Å². The monoisotopic (exact) mass is 482 g/mol. The van der Waals surface area contributed by atoms with Gasteiger partial charge in [0.2, 0.25) is 5.16 Å². The number of hydrogen-bond donors (Lipinski definition) is 0. The van der Waals surface area contributed by atoms with Gasteiger partial charge in [-0.3, -0.25) is 10.1 Å². The van der Waals surface area contributed by atoms with Crippen molar-refractivity contribution in [3.63, 3.8) is 0 Å². The summed E-state index contributed by atoms with van der Waals surface area (Å²) in [6.45, 7) is 0. The van der Waals surface area contributed by atoms with Crippen LogP contribution in [0.25, 0.3) is 17.1 Å². The summed E-state index contributed by atoms with van der Waals surface area (Å²) in [5, 5.41) is 33.3. The fourth-order valence-electron chi connectivity index (χ4n) is 3.27. The van der Waals surface area contributed by atoms with Crippen molar-refractivity contribution in [3.05, 3.63) is 112 Å². The van der Waals surface area contributed by atoms with Crippen LogP contribution in [0.1, 0.15) is 11.3 Å². The van der Waals surface area contributed by atoms with E-state index in [9.17, 15) is 10.1 Å². The molecule has 0 aliphatic rings. The molecule has 0 radical (unpaired) electrons. The Bertz CT molecular complexity index is 1480. The minimum atomic E-state index is -0.440. The average Bonchev–Trinajstić information content (AvgIpc) is 3.54. The SMILES string of the molecule is O=[N+]([O-])c1cccc(-n2cc(CSc3nnc(-c4ccccc4)n3/N=C/c3ccccc3)nn2)c1. The molecule has 0 fully saturated rings. The molecule has 0 atom stereocenters. The fraction of sp³-hybridized carbons (Fsp3) is 0.0417. The number of rotatable bonds is 8. The molecule has 5 aromatic rings. The molecule has 11 heteroatoms. The first kappa shape index (κ1) is 22.2. The van der Waals surface area contributed by atoms with Gasteiger partial charge in [0.25, 0.3) is 5.69 Å². The standard InChI is InChI=1S/C24H18N8O2S/c33-32(34)22-13-7-12-21(14-22)30-16-20(26-29-30)17-35-24-28-27-23(19-10-5-2-6-11-19)31(24)25-15-18-8-3-1-4-9-18/h1-16H,17H2/b25-15+. The highest BCUT2D eigenvalue weighted by Crippen LogP contribution is 2.26. The van der Waals surface area contributed by atoms with E-state index in [-0.39, 0.29) is 5.69 Å². The molecule has 0 saturated heterocycles. The van der Waals surface area contributed by atoms with Gasteiger partial charge in [-0.25, -0.2) is 4.68 Å². The summed E-state index contributed by atoms with van der Waals surface area (Å²) in [6.07, 6.45) is 3.50. The van der Waals surface area contributed by atoms with E-state index < -0.39 is 4.92 Å². The first-order valence-electron chi connectivity index (χ1n) is 10.6. The van der Waals surface area contributed by atoms with Crippen LogP contribution in [0.2, 0.25) is 0 Å². The van der Waals surface area contributed by atoms with Gasteiger partial charge in [-0.15, -0.1) is 15.3 Å². The van der Waals surface area contributed by atoms with Crippen LogP contribution in [0.3, 0.4) is 0 Å². The number of non-ortho nitro benzene ring substituents is 1. The van der Waals surface area contributed by atoms with Crippen molar-refractivity contribution in [2.45, 2.75) is 10.9 Å². The molecule has 0 spiro atoms. The van der Waals surface area contributed by atoms with E-state index in [1.165, 1.54) is 28.6 Å². The lowest BCUT2D eigenvalue weighted by Gasteiger charge is -2.04. The Hall–Kier alpha value is -4.64. The zero-order chi connectivity index (χ0) is 24.0. The van der Waals surface area contributed by atoms with Crippen molar-refractivity contribution in [1.29, 1.82) is 0 Å². The van der Waals surface area contributed by atoms with Crippen molar-refractivity contribution < 1.29 is 4.92 Å². The maximum absolute atomic E-state index is 11.1. The molecule has 2 heterocycles. The molecule has 0 aliphatic heterocycles. The number of aromatic nitrogens is 6. The molecule has 10 nitrogen and oxygen atoms in total. The van der Waals surface area contributed by atoms with Crippen LogP contribution >= 0.6 is 11.8 Å². The maximum Gasteiger partial charge on any atom is 0.271 e. The number of nitrogens with zero attached hydrogens (tertiary/aromatic N) is 8. The Kier molecular flexibility index (Phi) is 6.39. The number of nitro groups is 1. The molecule has 0 N–H and O–H groups in total. The third kappa shape index (κ3) is 5.14. The van der Waals surface area contributed by atoms with Gasteiger partial charge in [0.15, 0.2) is 5.82 Å². The molecule has 172 valence electrons. The van der Waals surface area contributed by atoms with Gasteiger partial charge >= 0.3 is 0 Å². The Morgan fingerprint density at radius 2 is 1.71 bits per heavy atom. The summed E-state index contributed by atoms with van der Waals surface area (Å²) in [7, 11) is 0. The molecule has 0 bridgehead atoms. The second-order valence-corrected chi connectivity index (χ2v) is 8.30. The van der Waals surface area contributed by atoms with Gasteiger partial charge in [0.05, 0.1) is 28.7 Å². The second kappa shape index (κ2) is 10.1. The summed E-state index contributed by atoms with van der Waals surface area (Å²) in [4.78, 5) is 10.6. The van der Waals surface area contributed by atoms with E-state index in [2.05, 4.69) is 25.6 Å². The number of benzene rings is 3. The average molecular weight is 483 g/mol. The normalized spacial score (nSPS) is 11.2. The van der Waals surface area contributed by atoms with Crippen LogP contribution in [0.15, 0.2) is 101 Å². The van der Waals surface area contributed by atoms with Crippen molar-refractivity contribution in [1.82, 2.24) is 29.9 Å². The molecule has 0 unspecified atom stereocenters. The topological polar surface area (TPSA) is 117 Å². The zero-order valence-electron chi connectivity index (χ0n) is 18.2. The van der Waals surface area contributed by atoms with Gasteiger partial charge in [0.1, 0.15) is 0 Å². The first-order valence-corrected chi connectivity index (χ1v) is 11.5. The zero-order valence-corrected chi connectivity index (χ0v) is 19.1. The van der Waals surface area contributed by atoms with Gasteiger partial charge < -0.3 is 0 Å². The Morgan fingerprint density at radius 3 is 2.49 bits per heavy atom. The lowest BCUT2D eigenvalue weighted by atomic mass is 10.2. The Labute approximate surface area is 204 Å². The summed E-state index contributed by atoms with van der Waals surface area (Å²) >= 11 is 1.42. The molecule has 0 saturated carbocycles. The summed E-state index contributed by atoms with van der Waals surface area (Å²) in [5.74, 6) is 1.09. The van der Waals surface area contributed by atoms with Crippen molar-refractivity contribution in [2.75, 3.05) is 0 Å². The number of thioether (sulfide) groups is 1. The molecular weight excluding hydrogens is 464 g/mol. The van der Waals surface area contributed by atoms with Gasteiger partial charge in [-0.2, -0.15) is 9.78 Å². The summed E-state index contributed by atoms with van der Waals surface area (Å²) in [5.41, 5.74) is 3.09. The highest BCUT2D eigenvalue weighted by molar-refractivity contribution is 7.98. The van der Waals surface area contributed by atoms with E-state index in [0.717, 1.165) is 11.1 Å². The lowest BCUT2D eigenvalue weighted by Crippen LogP contribution is -1.97. The summed E-state index contributed by atoms with van der Waals surface area (Å²) < 4.78 is 3.22. The van der Waals surface area contributed by atoms with E-state index >= 15 is 0 Å². The molecule has 0 aliphatic carbocycles. The van der Waals surface area contributed by atoms with Crippen LogP contribution in [0, 0.1) is 10.1 Å². The lowest BCUT2D eigenvalue weighted by molar-refractivity contribution is -0.384. The first-order chi connectivity index (χ1) is 17.2. The van der Waals surface area contributed by atoms with Crippen molar-refractivity contribution in [2.24, 2.45) is 5.10 Å². The van der Waals surface area contributed by atoms with Gasteiger partial charge in [0, 0.05) is 23.4 Å². The van der Waals surface area contributed by atoms with E-state index in [1.54, 1.807) is 29.2 Å². The minimum Gasteiger partial charge on any atom is -0.258 e. The third-order valence-electron chi connectivity index (χ3n) is 4.96. The number of hydrogen-bond acceptors (Lipinski definition) is 8. The highest BCUT2D eigenvalue weighted by atomic mass is 32.2. The smallest absolute Gasteiger partial charge is 0.258 e.